The molecule has 100 valence electrons. The van der Waals surface area contributed by atoms with Gasteiger partial charge in [0.25, 0.3) is 0 Å². The Bertz CT molecular complexity index is 542. The minimum atomic E-state index is -0.202. The third-order valence-electron chi connectivity index (χ3n) is 2.44. The average molecular weight is 277 g/mol. The number of carbonyl (C=O) groups is 1. The van der Waals surface area contributed by atoms with Gasteiger partial charge >= 0.3 is 0 Å². The summed E-state index contributed by atoms with van der Waals surface area (Å²) < 4.78 is 4.91. The molecule has 0 radical (unpaired) electrons. The molecule has 1 amide bonds. The van der Waals surface area contributed by atoms with Crippen molar-refractivity contribution in [3.05, 3.63) is 36.2 Å². The number of rotatable bonds is 5. The molecule has 0 aliphatic heterocycles. The first-order chi connectivity index (χ1) is 9.19. The maximum Gasteiger partial charge on any atom is 0.239 e. The van der Waals surface area contributed by atoms with Crippen LogP contribution >= 0.6 is 11.8 Å². The first-order valence-corrected chi connectivity index (χ1v) is 6.89. The second-order valence-electron chi connectivity index (χ2n) is 3.99. The van der Waals surface area contributed by atoms with Gasteiger partial charge in [0, 0.05) is 12.3 Å². The van der Waals surface area contributed by atoms with Crippen LogP contribution in [0.5, 0.6) is 0 Å². The third kappa shape index (κ3) is 3.82. The number of nitrogens with zero attached hydrogens (tertiary/aromatic N) is 2. The number of carbonyl (C=O) groups excluding carboxylic acids is 1. The highest BCUT2D eigenvalue weighted by Crippen LogP contribution is 2.24. The van der Waals surface area contributed by atoms with Crippen molar-refractivity contribution < 1.29 is 9.32 Å². The van der Waals surface area contributed by atoms with Gasteiger partial charge in [-0.15, -0.1) is 0 Å². The number of nitrogens with one attached hydrogen (secondary N) is 1. The highest BCUT2D eigenvalue weighted by Gasteiger charge is 2.19. The zero-order valence-electron chi connectivity index (χ0n) is 10.8. The fraction of sp³-hybridized carbons (Fsp3) is 0.308. The van der Waals surface area contributed by atoms with Crippen LogP contribution in [0.25, 0.3) is 0 Å². The summed E-state index contributed by atoms with van der Waals surface area (Å²) >= 11 is 1.44. The summed E-state index contributed by atoms with van der Waals surface area (Å²) in [6.45, 7) is 3.75. The quantitative estimate of drug-likeness (QED) is 0.851. The number of aromatic nitrogens is 2. The molecule has 5 nitrogen and oxygen atoms in total. The summed E-state index contributed by atoms with van der Waals surface area (Å²) in [5, 5.41) is 7.12. The Morgan fingerprint density at radius 2 is 2.37 bits per heavy atom. The minimum absolute atomic E-state index is 0.0912. The van der Waals surface area contributed by atoms with Gasteiger partial charge in [-0.1, -0.05) is 29.9 Å². The summed E-state index contributed by atoms with van der Waals surface area (Å²) in [5.74, 6) is 1.02. The van der Waals surface area contributed by atoms with Crippen LogP contribution in [-0.4, -0.2) is 21.3 Å². The Morgan fingerprint density at radius 1 is 1.53 bits per heavy atom. The molecule has 19 heavy (non-hydrogen) atoms. The molecule has 2 rings (SSSR count). The summed E-state index contributed by atoms with van der Waals surface area (Å²) in [6, 6.07) is 7.33. The van der Waals surface area contributed by atoms with Crippen LogP contribution in [0.2, 0.25) is 0 Å². The Kier molecular flexibility index (Phi) is 4.57. The summed E-state index contributed by atoms with van der Waals surface area (Å²) in [5.41, 5.74) is 0. The van der Waals surface area contributed by atoms with Crippen LogP contribution in [0.3, 0.4) is 0 Å². The van der Waals surface area contributed by atoms with E-state index in [1.807, 2.05) is 25.1 Å². The normalized spacial score (nSPS) is 12.1. The molecule has 2 aromatic rings. The van der Waals surface area contributed by atoms with E-state index in [-0.39, 0.29) is 11.2 Å². The van der Waals surface area contributed by atoms with Gasteiger partial charge in [0.15, 0.2) is 5.82 Å². The van der Waals surface area contributed by atoms with Crippen LogP contribution in [0.4, 0.5) is 5.82 Å². The van der Waals surface area contributed by atoms with Gasteiger partial charge in [-0.25, -0.2) is 4.98 Å². The topological polar surface area (TPSA) is 68.0 Å². The van der Waals surface area contributed by atoms with E-state index in [1.54, 1.807) is 19.2 Å². The highest BCUT2D eigenvalue weighted by atomic mass is 32.2. The monoisotopic (exact) mass is 277 g/mol. The van der Waals surface area contributed by atoms with Gasteiger partial charge < -0.3 is 9.84 Å². The van der Waals surface area contributed by atoms with Crippen LogP contribution in [0, 0.1) is 6.92 Å². The molecule has 2 heterocycles. The lowest BCUT2D eigenvalue weighted by Crippen LogP contribution is -2.24. The van der Waals surface area contributed by atoms with Crippen LogP contribution in [0.15, 0.2) is 40.0 Å². The Morgan fingerprint density at radius 3 is 2.95 bits per heavy atom. The van der Waals surface area contributed by atoms with E-state index >= 15 is 0 Å². The fourth-order valence-corrected chi connectivity index (χ4v) is 2.42. The number of hydrogen-bond acceptors (Lipinski definition) is 5. The molecule has 0 saturated carbocycles. The molecular weight excluding hydrogens is 262 g/mol. The van der Waals surface area contributed by atoms with Crippen molar-refractivity contribution in [2.75, 3.05) is 5.32 Å². The second kappa shape index (κ2) is 6.38. The summed E-state index contributed by atoms with van der Waals surface area (Å²) in [7, 11) is 0. The van der Waals surface area contributed by atoms with Crippen molar-refractivity contribution in [2.45, 2.75) is 30.5 Å². The van der Waals surface area contributed by atoms with Crippen LogP contribution in [0.1, 0.15) is 19.1 Å². The second-order valence-corrected chi connectivity index (χ2v) is 5.22. The highest BCUT2D eigenvalue weighted by molar-refractivity contribution is 8.00. The van der Waals surface area contributed by atoms with Crippen molar-refractivity contribution >= 4 is 23.5 Å². The van der Waals surface area contributed by atoms with E-state index in [2.05, 4.69) is 15.5 Å². The van der Waals surface area contributed by atoms with E-state index in [0.29, 0.717) is 18.0 Å². The lowest BCUT2D eigenvalue weighted by molar-refractivity contribution is -0.115. The Balaban J connectivity index is 1.99. The van der Waals surface area contributed by atoms with E-state index in [0.717, 1.165) is 5.03 Å². The average Bonchev–Trinajstić information content (AvgIpc) is 2.82. The molecule has 2 aromatic heterocycles. The molecule has 0 spiro atoms. The molecule has 0 fully saturated rings. The predicted octanol–water partition coefficient (Wildman–Crippen LogP) is 2.89. The molecule has 0 bridgehead atoms. The predicted molar refractivity (Wildman–Crippen MR) is 74.0 cm³/mol. The van der Waals surface area contributed by atoms with E-state index in [4.69, 9.17) is 4.52 Å². The smallest absolute Gasteiger partial charge is 0.239 e. The number of pyridine rings is 1. The van der Waals surface area contributed by atoms with Gasteiger partial charge in [0.2, 0.25) is 5.91 Å². The molecule has 1 N–H and O–H groups in total. The summed E-state index contributed by atoms with van der Waals surface area (Å²) in [6.07, 6.45) is 2.43. The Hall–Kier alpha value is -1.82. The number of anilines is 1. The third-order valence-corrected chi connectivity index (χ3v) is 3.76. The molecule has 0 aliphatic carbocycles. The first-order valence-electron chi connectivity index (χ1n) is 6.01. The maximum absolute atomic E-state index is 12.1. The van der Waals surface area contributed by atoms with Gasteiger partial charge in [-0.2, -0.15) is 0 Å². The van der Waals surface area contributed by atoms with Crippen LogP contribution in [-0.2, 0) is 4.79 Å². The zero-order chi connectivity index (χ0) is 13.7. The van der Waals surface area contributed by atoms with Crippen molar-refractivity contribution in [2.24, 2.45) is 0 Å². The maximum atomic E-state index is 12.1. The zero-order valence-corrected chi connectivity index (χ0v) is 11.6. The van der Waals surface area contributed by atoms with Gasteiger partial charge in [0.1, 0.15) is 5.76 Å². The van der Waals surface area contributed by atoms with Gasteiger partial charge in [-0.05, 0) is 25.5 Å². The van der Waals surface area contributed by atoms with E-state index in [1.165, 1.54) is 11.8 Å². The molecule has 0 aromatic carbocycles. The fourth-order valence-electron chi connectivity index (χ4n) is 1.52. The molecule has 0 unspecified atom stereocenters. The standard InChI is InChI=1S/C13H15N3O2S/c1-3-10(19-12-6-4-5-7-14-12)13(17)15-11-8-9(2)18-16-11/h4-8,10H,3H2,1-2H3,(H,15,16,17)/t10-/m0/s1. The van der Waals surface area contributed by atoms with Gasteiger partial charge in [-0.3, -0.25) is 4.79 Å². The first kappa shape index (κ1) is 13.6. The molecule has 6 heteroatoms. The number of amides is 1. The SMILES string of the molecule is CC[C@H](Sc1ccccn1)C(=O)Nc1cc(C)on1. The number of thioether (sulfide) groups is 1. The number of aryl methyl sites for hydroxylation is 1. The summed E-state index contributed by atoms with van der Waals surface area (Å²) in [4.78, 5) is 16.3. The van der Waals surface area contributed by atoms with Crippen molar-refractivity contribution in [1.29, 1.82) is 0 Å². The lowest BCUT2D eigenvalue weighted by atomic mass is 10.3. The van der Waals surface area contributed by atoms with E-state index in [9.17, 15) is 4.79 Å². The minimum Gasteiger partial charge on any atom is -0.360 e. The lowest BCUT2D eigenvalue weighted by Gasteiger charge is -2.12. The molecule has 0 saturated heterocycles. The van der Waals surface area contributed by atoms with Crippen molar-refractivity contribution in [1.82, 2.24) is 10.1 Å². The van der Waals surface area contributed by atoms with Crippen molar-refractivity contribution in [3.63, 3.8) is 0 Å². The molecular formula is C13H15N3O2S. The van der Waals surface area contributed by atoms with Crippen molar-refractivity contribution in [3.8, 4) is 0 Å². The van der Waals surface area contributed by atoms with Crippen LogP contribution < -0.4 is 5.32 Å². The largest absolute Gasteiger partial charge is 0.360 e. The molecule has 0 aliphatic rings. The Labute approximate surface area is 115 Å². The number of hydrogen-bond donors (Lipinski definition) is 1. The molecule has 1 atom stereocenters. The van der Waals surface area contributed by atoms with E-state index < -0.39 is 0 Å². The van der Waals surface area contributed by atoms with Gasteiger partial charge in [0.05, 0.1) is 10.3 Å².